The topological polar surface area (TPSA) is 32.3 Å². The summed E-state index contributed by atoms with van der Waals surface area (Å²) < 4.78 is 0. The maximum absolute atomic E-state index is 12.5. The molecule has 2 aromatic carbocycles. The monoisotopic (exact) mass is 310 g/mol. The highest BCUT2D eigenvalue weighted by Gasteiger charge is 2.20. The van der Waals surface area contributed by atoms with Crippen LogP contribution in [0, 0.1) is 6.92 Å². The van der Waals surface area contributed by atoms with Crippen molar-refractivity contribution >= 4 is 5.91 Å². The van der Waals surface area contributed by atoms with Gasteiger partial charge >= 0.3 is 0 Å². The predicted molar refractivity (Wildman–Crippen MR) is 95.5 cm³/mol. The molecule has 0 radical (unpaired) electrons. The molecule has 0 aliphatic heterocycles. The Labute approximate surface area is 139 Å². The number of hydrogen-bond donors (Lipinski definition) is 1. The van der Waals surface area contributed by atoms with E-state index in [4.69, 9.17) is 0 Å². The lowest BCUT2D eigenvalue weighted by Gasteiger charge is -2.23. The zero-order chi connectivity index (χ0) is 16.7. The summed E-state index contributed by atoms with van der Waals surface area (Å²) in [5, 5.41) is 3.06. The molecular formula is C20H26N2O. The van der Waals surface area contributed by atoms with E-state index in [1.165, 1.54) is 16.7 Å². The number of amides is 1. The van der Waals surface area contributed by atoms with Gasteiger partial charge in [-0.05, 0) is 45.0 Å². The van der Waals surface area contributed by atoms with Gasteiger partial charge in [0.25, 0.3) is 0 Å². The van der Waals surface area contributed by atoms with Crippen LogP contribution in [0.5, 0.6) is 0 Å². The van der Waals surface area contributed by atoms with Crippen LogP contribution in [-0.4, -0.2) is 37.5 Å². The molecule has 0 spiro atoms. The van der Waals surface area contributed by atoms with Crippen LogP contribution in [0.15, 0.2) is 54.6 Å². The first-order valence-corrected chi connectivity index (χ1v) is 8.10. The zero-order valence-corrected chi connectivity index (χ0v) is 14.3. The van der Waals surface area contributed by atoms with Gasteiger partial charge < -0.3 is 5.32 Å². The van der Waals surface area contributed by atoms with Crippen LogP contribution >= 0.6 is 0 Å². The molecule has 1 unspecified atom stereocenters. The number of rotatable bonds is 7. The summed E-state index contributed by atoms with van der Waals surface area (Å²) in [6, 6.07) is 18.5. The second kappa shape index (κ2) is 8.49. The molecule has 1 N–H and O–H groups in total. The molecule has 0 saturated carbocycles. The Morgan fingerprint density at radius 3 is 2.26 bits per heavy atom. The van der Waals surface area contributed by atoms with Crippen molar-refractivity contribution in [3.05, 3.63) is 71.3 Å². The van der Waals surface area contributed by atoms with E-state index in [9.17, 15) is 4.79 Å². The fourth-order valence-electron chi connectivity index (χ4n) is 2.55. The van der Waals surface area contributed by atoms with E-state index in [2.05, 4.69) is 48.6 Å². The first kappa shape index (κ1) is 17.2. The van der Waals surface area contributed by atoms with E-state index in [1.54, 1.807) is 0 Å². The summed E-state index contributed by atoms with van der Waals surface area (Å²) in [5.41, 5.74) is 3.67. The Morgan fingerprint density at radius 2 is 1.65 bits per heavy atom. The number of nitrogens with zero attached hydrogens (tertiary/aromatic N) is 1. The quantitative estimate of drug-likeness (QED) is 0.853. The highest BCUT2D eigenvalue weighted by atomic mass is 16.2. The molecule has 0 aliphatic rings. The smallest absolute Gasteiger partial charge is 0.237 e. The molecule has 1 amide bonds. The van der Waals surface area contributed by atoms with Crippen LogP contribution in [-0.2, 0) is 17.6 Å². The summed E-state index contributed by atoms with van der Waals surface area (Å²) >= 11 is 0. The molecule has 0 heterocycles. The Hall–Kier alpha value is -2.13. The number of aryl methyl sites for hydroxylation is 1. The minimum atomic E-state index is -0.145. The molecule has 3 heteroatoms. The Bertz CT molecular complexity index is 605. The summed E-state index contributed by atoms with van der Waals surface area (Å²) in [5.74, 6) is 0.0894. The highest BCUT2D eigenvalue weighted by molar-refractivity contribution is 5.82. The SMILES string of the molecule is Cc1ccc(CC(C(=O)NCCc2ccccc2)N(C)C)cc1. The van der Waals surface area contributed by atoms with E-state index in [-0.39, 0.29) is 11.9 Å². The normalized spacial score (nSPS) is 12.2. The Kier molecular flexibility index (Phi) is 6.36. The third-order valence-corrected chi connectivity index (χ3v) is 4.03. The average molecular weight is 310 g/mol. The molecule has 2 rings (SSSR count). The van der Waals surface area contributed by atoms with Crippen molar-refractivity contribution in [2.24, 2.45) is 0 Å². The van der Waals surface area contributed by atoms with Gasteiger partial charge in [0.1, 0.15) is 0 Å². The van der Waals surface area contributed by atoms with Crippen LogP contribution in [0.4, 0.5) is 0 Å². The standard InChI is InChI=1S/C20H26N2O/c1-16-9-11-18(12-10-16)15-19(22(2)3)20(23)21-14-13-17-7-5-4-6-8-17/h4-12,19H,13-15H2,1-3H3,(H,21,23). The fraction of sp³-hybridized carbons (Fsp3) is 0.350. The lowest BCUT2D eigenvalue weighted by atomic mass is 10.0. The minimum absolute atomic E-state index is 0.0894. The molecule has 23 heavy (non-hydrogen) atoms. The van der Waals surface area contributed by atoms with Crippen molar-refractivity contribution < 1.29 is 4.79 Å². The van der Waals surface area contributed by atoms with Gasteiger partial charge in [0, 0.05) is 6.54 Å². The molecule has 0 bridgehead atoms. The van der Waals surface area contributed by atoms with Crippen molar-refractivity contribution in [3.63, 3.8) is 0 Å². The predicted octanol–water partition coefficient (Wildman–Crippen LogP) is 2.83. The number of benzene rings is 2. The largest absolute Gasteiger partial charge is 0.354 e. The molecule has 0 fully saturated rings. The summed E-state index contributed by atoms with van der Waals surface area (Å²) in [7, 11) is 3.91. The van der Waals surface area contributed by atoms with Gasteiger partial charge in [0.05, 0.1) is 6.04 Å². The number of nitrogens with one attached hydrogen (secondary N) is 1. The minimum Gasteiger partial charge on any atom is -0.354 e. The first-order chi connectivity index (χ1) is 11.1. The maximum Gasteiger partial charge on any atom is 0.237 e. The second-order valence-corrected chi connectivity index (χ2v) is 6.20. The van der Waals surface area contributed by atoms with Crippen molar-refractivity contribution in [2.45, 2.75) is 25.8 Å². The lowest BCUT2D eigenvalue weighted by molar-refractivity contribution is -0.125. The van der Waals surface area contributed by atoms with E-state index in [0.717, 1.165) is 12.8 Å². The van der Waals surface area contributed by atoms with Gasteiger partial charge in [-0.15, -0.1) is 0 Å². The Balaban J connectivity index is 1.89. The third-order valence-electron chi connectivity index (χ3n) is 4.03. The van der Waals surface area contributed by atoms with Crippen molar-refractivity contribution in [3.8, 4) is 0 Å². The molecule has 2 aromatic rings. The van der Waals surface area contributed by atoms with Crippen LogP contribution in [0.1, 0.15) is 16.7 Å². The summed E-state index contributed by atoms with van der Waals surface area (Å²) in [4.78, 5) is 14.5. The van der Waals surface area contributed by atoms with Gasteiger partial charge in [-0.25, -0.2) is 0 Å². The van der Waals surface area contributed by atoms with Gasteiger partial charge in [0.2, 0.25) is 5.91 Å². The molecule has 0 aromatic heterocycles. The first-order valence-electron chi connectivity index (χ1n) is 8.10. The molecular weight excluding hydrogens is 284 g/mol. The van der Waals surface area contributed by atoms with E-state index in [0.29, 0.717) is 6.54 Å². The van der Waals surface area contributed by atoms with Crippen LogP contribution in [0.25, 0.3) is 0 Å². The molecule has 122 valence electrons. The number of likely N-dealkylation sites (N-methyl/N-ethyl adjacent to an activating group) is 1. The van der Waals surface area contributed by atoms with E-state index >= 15 is 0 Å². The number of carbonyl (C=O) groups is 1. The van der Waals surface area contributed by atoms with Crippen molar-refractivity contribution in [2.75, 3.05) is 20.6 Å². The maximum atomic E-state index is 12.5. The summed E-state index contributed by atoms with van der Waals surface area (Å²) in [6.07, 6.45) is 1.59. The van der Waals surface area contributed by atoms with Gasteiger partial charge in [-0.2, -0.15) is 0 Å². The average Bonchev–Trinajstić information content (AvgIpc) is 2.55. The van der Waals surface area contributed by atoms with Crippen LogP contribution in [0.2, 0.25) is 0 Å². The highest BCUT2D eigenvalue weighted by Crippen LogP contribution is 2.09. The number of carbonyl (C=O) groups excluding carboxylic acids is 1. The molecule has 0 saturated heterocycles. The number of hydrogen-bond acceptors (Lipinski definition) is 2. The van der Waals surface area contributed by atoms with E-state index < -0.39 is 0 Å². The summed E-state index contributed by atoms with van der Waals surface area (Å²) in [6.45, 7) is 2.74. The fourth-order valence-corrected chi connectivity index (χ4v) is 2.55. The third kappa shape index (κ3) is 5.53. The lowest BCUT2D eigenvalue weighted by Crippen LogP contribution is -2.45. The zero-order valence-electron chi connectivity index (χ0n) is 14.3. The Morgan fingerprint density at radius 1 is 1.00 bits per heavy atom. The molecule has 3 nitrogen and oxygen atoms in total. The molecule has 0 aliphatic carbocycles. The van der Waals surface area contributed by atoms with Gasteiger partial charge in [-0.3, -0.25) is 9.69 Å². The van der Waals surface area contributed by atoms with E-state index in [1.807, 2.05) is 37.2 Å². The van der Waals surface area contributed by atoms with Crippen molar-refractivity contribution in [1.82, 2.24) is 10.2 Å². The second-order valence-electron chi connectivity index (χ2n) is 6.20. The van der Waals surface area contributed by atoms with Crippen LogP contribution < -0.4 is 5.32 Å². The van der Waals surface area contributed by atoms with Gasteiger partial charge in [-0.1, -0.05) is 60.2 Å². The van der Waals surface area contributed by atoms with Crippen molar-refractivity contribution in [1.29, 1.82) is 0 Å². The van der Waals surface area contributed by atoms with Gasteiger partial charge in [0.15, 0.2) is 0 Å². The van der Waals surface area contributed by atoms with Crippen LogP contribution in [0.3, 0.4) is 0 Å². The molecule has 1 atom stereocenters.